The molecule has 0 saturated carbocycles. The van der Waals surface area contributed by atoms with E-state index in [1.807, 2.05) is 0 Å². The molecule has 1 aliphatic rings. The Morgan fingerprint density at radius 2 is 2.07 bits per heavy atom. The third-order valence-corrected chi connectivity index (χ3v) is 2.78. The van der Waals surface area contributed by atoms with Crippen LogP contribution in [0.15, 0.2) is 12.1 Å². The Morgan fingerprint density at radius 3 is 2.60 bits per heavy atom. The lowest BCUT2D eigenvalue weighted by molar-refractivity contribution is -0.384. The first-order valence-corrected chi connectivity index (χ1v) is 4.90. The van der Waals surface area contributed by atoms with Crippen LogP contribution < -0.4 is 5.73 Å². The quantitative estimate of drug-likeness (QED) is 0.453. The fraction of sp³-hybridized carbons (Fsp3) is 0.400. The minimum Gasteiger partial charge on any atom is -0.393 e. The number of fused-ring (bicyclic) bond motifs is 1. The molecule has 1 aliphatic heterocycles. The maximum Gasteiger partial charge on any atom is 0.292 e. The number of rotatable bonds is 2. The highest BCUT2D eigenvalue weighted by Gasteiger charge is 2.22. The van der Waals surface area contributed by atoms with Gasteiger partial charge in [0, 0.05) is 19.2 Å². The van der Waals surface area contributed by atoms with Crippen LogP contribution in [-0.4, -0.2) is 16.4 Å². The predicted molar refractivity (Wildman–Crippen MR) is 57.3 cm³/mol. The number of nitrogens with zero attached hydrogens (tertiary/aromatic N) is 2. The summed E-state index contributed by atoms with van der Waals surface area (Å²) in [4.78, 5) is 12.5. The number of hydrogen-bond donors (Lipinski definition) is 1. The van der Waals surface area contributed by atoms with Gasteiger partial charge in [0.05, 0.1) is 4.92 Å². The van der Waals surface area contributed by atoms with E-state index in [1.54, 1.807) is 12.1 Å². The Hall–Kier alpha value is -1.62. The standard InChI is InChI=1S/C10H13N3O2/c1-2-12-5-7-3-9(11)10(13(14)15)4-8(7)6-12/h3-4H,2,5-6,11H2,1H3. The van der Waals surface area contributed by atoms with E-state index in [-0.39, 0.29) is 11.4 Å². The lowest BCUT2D eigenvalue weighted by Gasteiger charge is -2.09. The van der Waals surface area contributed by atoms with Crippen LogP contribution in [0.5, 0.6) is 0 Å². The van der Waals surface area contributed by atoms with Gasteiger partial charge in [-0.1, -0.05) is 6.92 Å². The van der Waals surface area contributed by atoms with Crippen LogP contribution in [0, 0.1) is 10.1 Å². The summed E-state index contributed by atoms with van der Waals surface area (Å²) in [6, 6.07) is 3.32. The van der Waals surface area contributed by atoms with Crippen molar-refractivity contribution in [2.45, 2.75) is 20.0 Å². The van der Waals surface area contributed by atoms with E-state index in [4.69, 9.17) is 5.73 Å². The molecule has 0 aromatic heterocycles. The van der Waals surface area contributed by atoms with Gasteiger partial charge in [0.15, 0.2) is 0 Å². The van der Waals surface area contributed by atoms with E-state index in [1.165, 1.54) is 0 Å². The molecule has 0 spiro atoms. The van der Waals surface area contributed by atoms with Crippen molar-refractivity contribution >= 4 is 11.4 Å². The number of anilines is 1. The Labute approximate surface area is 87.6 Å². The number of hydrogen-bond acceptors (Lipinski definition) is 4. The van der Waals surface area contributed by atoms with Gasteiger partial charge in [-0.3, -0.25) is 15.0 Å². The largest absolute Gasteiger partial charge is 0.393 e. The van der Waals surface area contributed by atoms with Crippen molar-refractivity contribution < 1.29 is 4.92 Å². The molecule has 0 unspecified atom stereocenters. The zero-order valence-corrected chi connectivity index (χ0v) is 8.56. The summed E-state index contributed by atoms with van der Waals surface area (Å²) in [7, 11) is 0. The fourth-order valence-electron chi connectivity index (χ4n) is 1.91. The predicted octanol–water partition coefficient (Wildman–Crippen LogP) is 1.51. The van der Waals surface area contributed by atoms with Crippen molar-refractivity contribution in [3.8, 4) is 0 Å². The van der Waals surface area contributed by atoms with Gasteiger partial charge in [0.25, 0.3) is 5.69 Å². The van der Waals surface area contributed by atoms with Crippen molar-refractivity contribution in [2.24, 2.45) is 0 Å². The average Bonchev–Trinajstić information content (AvgIpc) is 2.58. The molecule has 1 heterocycles. The summed E-state index contributed by atoms with van der Waals surface area (Å²) in [5, 5.41) is 10.7. The maximum atomic E-state index is 10.7. The van der Waals surface area contributed by atoms with Crippen LogP contribution in [0.4, 0.5) is 11.4 Å². The first-order chi connectivity index (χ1) is 7.11. The highest BCUT2D eigenvalue weighted by atomic mass is 16.6. The first-order valence-electron chi connectivity index (χ1n) is 4.90. The summed E-state index contributed by atoms with van der Waals surface area (Å²) in [6.45, 7) is 4.65. The van der Waals surface area contributed by atoms with E-state index < -0.39 is 4.92 Å². The van der Waals surface area contributed by atoms with Crippen LogP contribution >= 0.6 is 0 Å². The number of benzene rings is 1. The molecule has 0 radical (unpaired) electrons. The Bertz CT molecular complexity index is 417. The third-order valence-electron chi connectivity index (χ3n) is 2.78. The summed E-state index contributed by atoms with van der Waals surface area (Å²) < 4.78 is 0. The first kappa shape index (κ1) is 9.92. The minimum atomic E-state index is -0.426. The molecule has 80 valence electrons. The maximum absolute atomic E-state index is 10.7. The van der Waals surface area contributed by atoms with Gasteiger partial charge in [0.2, 0.25) is 0 Å². The fourth-order valence-corrected chi connectivity index (χ4v) is 1.91. The molecule has 0 amide bonds. The SMILES string of the molecule is CCN1Cc2cc(N)c([N+](=O)[O-])cc2C1. The number of nitro benzene ring substituents is 1. The molecular weight excluding hydrogens is 194 g/mol. The molecule has 5 heteroatoms. The van der Waals surface area contributed by atoms with Crippen molar-refractivity contribution in [3.63, 3.8) is 0 Å². The Kier molecular flexibility index (Phi) is 2.32. The van der Waals surface area contributed by atoms with Crippen LogP contribution in [0.2, 0.25) is 0 Å². The monoisotopic (exact) mass is 207 g/mol. The third kappa shape index (κ3) is 1.66. The minimum absolute atomic E-state index is 0.0201. The zero-order chi connectivity index (χ0) is 11.0. The average molecular weight is 207 g/mol. The normalized spacial score (nSPS) is 15.3. The van der Waals surface area contributed by atoms with E-state index in [0.717, 1.165) is 30.8 Å². The van der Waals surface area contributed by atoms with Crippen LogP contribution in [0.3, 0.4) is 0 Å². The number of nitrogen functional groups attached to an aromatic ring is 1. The van der Waals surface area contributed by atoms with Crippen LogP contribution in [0.1, 0.15) is 18.1 Å². The summed E-state index contributed by atoms with van der Waals surface area (Å²) >= 11 is 0. The zero-order valence-electron chi connectivity index (χ0n) is 8.56. The van der Waals surface area contributed by atoms with E-state index >= 15 is 0 Å². The summed E-state index contributed by atoms with van der Waals surface area (Å²) in [6.07, 6.45) is 0. The summed E-state index contributed by atoms with van der Waals surface area (Å²) in [5.41, 5.74) is 8.04. The van der Waals surface area contributed by atoms with Gasteiger partial charge < -0.3 is 5.73 Å². The molecule has 0 atom stereocenters. The van der Waals surface area contributed by atoms with E-state index in [0.29, 0.717) is 0 Å². The van der Waals surface area contributed by atoms with E-state index in [9.17, 15) is 10.1 Å². The number of nitro groups is 1. The second-order valence-electron chi connectivity index (χ2n) is 3.74. The molecule has 1 aromatic carbocycles. The second kappa shape index (κ2) is 3.51. The lowest BCUT2D eigenvalue weighted by atomic mass is 10.1. The highest BCUT2D eigenvalue weighted by molar-refractivity contribution is 5.62. The van der Waals surface area contributed by atoms with Crippen molar-refractivity contribution in [1.29, 1.82) is 0 Å². The molecule has 2 N–H and O–H groups in total. The molecule has 0 bridgehead atoms. The molecular formula is C10H13N3O2. The number of nitrogens with two attached hydrogens (primary N) is 1. The second-order valence-corrected chi connectivity index (χ2v) is 3.74. The van der Waals surface area contributed by atoms with Crippen molar-refractivity contribution in [2.75, 3.05) is 12.3 Å². The van der Waals surface area contributed by atoms with Crippen molar-refractivity contribution in [1.82, 2.24) is 4.90 Å². The molecule has 0 saturated heterocycles. The van der Waals surface area contributed by atoms with Gasteiger partial charge in [-0.25, -0.2) is 0 Å². The van der Waals surface area contributed by atoms with Crippen LogP contribution in [-0.2, 0) is 13.1 Å². The Morgan fingerprint density at radius 1 is 1.47 bits per heavy atom. The Balaban J connectivity index is 2.41. The topological polar surface area (TPSA) is 72.4 Å². The summed E-state index contributed by atoms with van der Waals surface area (Å²) in [5.74, 6) is 0. The smallest absolute Gasteiger partial charge is 0.292 e. The van der Waals surface area contributed by atoms with E-state index in [2.05, 4.69) is 11.8 Å². The molecule has 2 rings (SSSR count). The van der Waals surface area contributed by atoms with Crippen LogP contribution in [0.25, 0.3) is 0 Å². The lowest BCUT2D eigenvalue weighted by Crippen LogP contribution is -2.14. The van der Waals surface area contributed by atoms with Gasteiger partial charge >= 0.3 is 0 Å². The molecule has 15 heavy (non-hydrogen) atoms. The molecule has 1 aromatic rings. The van der Waals surface area contributed by atoms with Crippen molar-refractivity contribution in [3.05, 3.63) is 33.4 Å². The van der Waals surface area contributed by atoms with Gasteiger partial charge in [-0.05, 0) is 23.7 Å². The van der Waals surface area contributed by atoms with Gasteiger partial charge in [-0.15, -0.1) is 0 Å². The highest BCUT2D eigenvalue weighted by Crippen LogP contribution is 2.31. The molecule has 0 fully saturated rings. The van der Waals surface area contributed by atoms with Gasteiger partial charge in [0.1, 0.15) is 5.69 Å². The molecule has 0 aliphatic carbocycles. The molecule has 5 nitrogen and oxygen atoms in total. The van der Waals surface area contributed by atoms with Gasteiger partial charge in [-0.2, -0.15) is 0 Å².